The molecule has 0 unspecified atom stereocenters. The van der Waals surface area contributed by atoms with Gasteiger partial charge in [0.2, 0.25) is 5.95 Å². The Morgan fingerprint density at radius 1 is 1.47 bits per heavy atom. The van der Waals surface area contributed by atoms with Crippen LogP contribution in [0.15, 0.2) is 43.1 Å². The van der Waals surface area contributed by atoms with E-state index in [4.69, 9.17) is 0 Å². The summed E-state index contributed by atoms with van der Waals surface area (Å²) in [5.74, 6) is 0.325. The molecule has 2 aromatic rings. The lowest BCUT2D eigenvalue weighted by molar-refractivity contribution is 0.631. The second kappa shape index (κ2) is 4.82. The molecule has 2 rings (SSSR count). The molecule has 1 N–H and O–H groups in total. The maximum Gasteiger partial charge on any atom is 0.207 e. The lowest BCUT2D eigenvalue weighted by atomic mass is 10.3. The number of benzene rings is 1. The molecule has 0 radical (unpaired) electrons. The van der Waals surface area contributed by atoms with Crippen LogP contribution in [0.1, 0.15) is 5.69 Å². The van der Waals surface area contributed by atoms with E-state index >= 15 is 0 Å². The zero-order valence-corrected chi connectivity index (χ0v) is 9.65. The fourth-order valence-corrected chi connectivity index (χ4v) is 1.61. The Kier molecular flexibility index (Phi) is 3.23. The Bertz CT molecular complexity index is 531. The molecule has 0 amide bonds. The van der Waals surface area contributed by atoms with Crippen LogP contribution in [-0.4, -0.2) is 9.55 Å². The van der Waals surface area contributed by atoms with E-state index in [0.29, 0.717) is 18.2 Å². The smallest absolute Gasteiger partial charge is 0.207 e. The van der Waals surface area contributed by atoms with E-state index in [1.54, 1.807) is 24.3 Å². The van der Waals surface area contributed by atoms with Gasteiger partial charge in [-0.3, -0.25) is 0 Å². The SMILES string of the molecule is C=CCn1cc(C)nc1Nc1ccccc1F. The number of nitrogens with zero attached hydrogens (tertiary/aromatic N) is 2. The summed E-state index contributed by atoms with van der Waals surface area (Å²) in [5.41, 5.74) is 1.30. The van der Waals surface area contributed by atoms with E-state index in [2.05, 4.69) is 16.9 Å². The molecule has 4 heteroatoms. The molecule has 0 atom stereocenters. The van der Waals surface area contributed by atoms with Gasteiger partial charge in [0.1, 0.15) is 5.82 Å². The molecule has 0 spiro atoms. The van der Waals surface area contributed by atoms with Crippen LogP contribution in [0, 0.1) is 12.7 Å². The molecule has 0 aliphatic carbocycles. The molecule has 0 aliphatic heterocycles. The number of aryl methyl sites for hydroxylation is 1. The Morgan fingerprint density at radius 3 is 2.94 bits per heavy atom. The number of anilines is 2. The zero-order valence-electron chi connectivity index (χ0n) is 9.65. The maximum absolute atomic E-state index is 13.5. The molecule has 0 aliphatic rings. The van der Waals surface area contributed by atoms with Gasteiger partial charge in [-0.05, 0) is 19.1 Å². The molecule has 88 valence electrons. The lowest BCUT2D eigenvalue weighted by Crippen LogP contribution is -2.02. The third-order valence-corrected chi connectivity index (χ3v) is 2.34. The summed E-state index contributed by atoms with van der Waals surface area (Å²) >= 11 is 0. The first-order chi connectivity index (χ1) is 8.20. The Labute approximate surface area is 99.6 Å². The molecular formula is C13H14FN3. The predicted molar refractivity (Wildman–Crippen MR) is 66.8 cm³/mol. The van der Waals surface area contributed by atoms with Gasteiger partial charge in [0.05, 0.1) is 11.4 Å². The number of halogens is 1. The van der Waals surface area contributed by atoms with E-state index in [0.717, 1.165) is 5.69 Å². The number of aromatic nitrogens is 2. The van der Waals surface area contributed by atoms with Crippen molar-refractivity contribution < 1.29 is 4.39 Å². The van der Waals surface area contributed by atoms with Crippen LogP contribution in [0.2, 0.25) is 0 Å². The summed E-state index contributed by atoms with van der Waals surface area (Å²) in [4.78, 5) is 4.30. The Morgan fingerprint density at radius 2 is 2.24 bits per heavy atom. The fourth-order valence-electron chi connectivity index (χ4n) is 1.61. The average molecular weight is 231 g/mol. The van der Waals surface area contributed by atoms with E-state index in [1.807, 2.05) is 17.7 Å². The third-order valence-electron chi connectivity index (χ3n) is 2.34. The van der Waals surface area contributed by atoms with Gasteiger partial charge in [-0.25, -0.2) is 9.37 Å². The first-order valence-corrected chi connectivity index (χ1v) is 5.37. The van der Waals surface area contributed by atoms with Crippen LogP contribution in [0.4, 0.5) is 16.0 Å². The quantitative estimate of drug-likeness (QED) is 0.818. The number of nitrogens with one attached hydrogen (secondary N) is 1. The van der Waals surface area contributed by atoms with E-state index in [9.17, 15) is 4.39 Å². The molecule has 0 saturated carbocycles. The van der Waals surface area contributed by atoms with Crippen molar-refractivity contribution in [3.63, 3.8) is 0 Å². The molecule has 1 aromatic heterocycles. The van der Waals surface area contributed by atoms with Crippen molar-refractivity contribution in [2.24, 2.45) is 0 Å². The number of para-hydroxylation sites is 1. The predicted octanol–water partition coefficient (Wildman–Crippen LogP) is 3.26. The summed E-state index contributed by atoms with van der Waals surface area (Å²) in [6.07, 6.45) is 3.67. The van der Waals surface area contributed by atoms with Crippen molar-refractivity contribution in [1.29, 1.82) is 0 Å². The highest BCUT2D eigenvalue weighted by Crippen LogP contribution is 2.19. The molecule has 17 heavy (non-hydrogen) atoms. The highest BCUT2D eigenvalue weighted by atomic mass is 19.1. The minimum atomic E-state index is -0.293. The standard InChI is InChI=1S/C13H14FN3/c1-3-8-17-9-10(2)15-13(17)16-12-7-5-4-6-11(12)14/h3-7,9H,1,8H2,2H3,(H,15,16). The van der Waals surface area contributed by atoms with E-state index in [1.165, 1.54) is 6.07 Å². The van der Waals surface area contributed by atoms with Gasteiger partial charge in [-0.1, -0.05) is 18.2 Å². The van der Waals surface area contributed by atoms with Crippen molar-refractivity contribution in [1.82, 2.24) is 9.55 Å². The van der Waals surface area contributed by atoms with Crippen molar-refractivity contribution in [3.8, 4) is 0 Å². The minimum Gasteiger partial charge on any atom is -0.323 e. The molecule has 1 aromatic carbocycles. The van der Waals surface area contributed by atoms with Crippen LogP contribution < -0.4 is 5.32 Å². The van der Waals surface area contributed by atoms with Crippen molar-refractivity contribution in [3.05, 3.63) is 54.6 Å². The van der Waals surface area contributed by atoms with Crippen molar-refractivity contribution >= 4 is 11.6 Å². The van der Waals surface area contributed by atoms with Gasteiger partial charge >= 0.3 is 0 Å². The largest absolute Gasteiger partial charge is 0.323 e. The van der Waals surface area contributed by atoms with Gasteiger partial charge in [0.25, 0.3) is 0 Å². The topological polar surface area (TPSA) is 29.9 Å². The average Bonchev–Trinajstić information content (AvgIpc) is 2.63. The van der Waals surface area contributed by atoms with Crippen LogP contribution in [-0.2, 0) is 6.54 Å². The number of hydrogen-bond donors (Lipinski definition) is 1. The third kappa shape index (κ3) is 2.53. The Balaban J connectivity index is 2.29. The maximum atomic E-state index is 13.5. The van der Waals surface area contributed by atoms with Crippen LogP contribution in [0.3, 0.4) is 0 Å². The monoisotopic (exact) mass is 231 g/mol. The molecule has 0 saturated heterocycles. The van der Waals surface area contributed by atoms with E-state index in [-0.39, 0.29) is 5.82 Å². The summed E-state index contributed by atoms with van der Waals surface area (Å²) in [6.45, 7) is 6.21. The number of allylic oxidation sites excluding steroid dienone is 1. The molecular weight excluding hydrogens is 217 g/mol. The van der Waals surface area contributed by atoms with Gasteiger partial charge in [0.15, 0.2) is 0 Å². The zero-order chi connectivity index (χ0) is 12.3. The molecule has 3 nitrogen and oxygen atoms in total. The van der Waals surface area contributed by atoms with Crippen LogP contribution in [0.5, 0.6) is 0 Å². The second-order valence-corrected chi connectivity index (χ2v) is 3.75. The summed E-state index contributed by atoms with van der Waals surface area (Å²) in [5, 5.41) is 2.98. The first-order valence-electron chi connectivity index (χ1n) is 5.37. The van der Waals surface area contributed by atoms with E-state index < -0.39 is 0 Å². The highest BCUT2D eigenvalue weighted by Gasteiger charge is 2.07. The summed E-state index contributed by atoms with van der Waals surface area (Å²) < 4.78 is 15.4. The van der Waals surface area contributed by atoms with Crippen molar-refractivity contribution in [2.75, 3.05) is 5.32 Å². The number of imidazole rings is 1. The molecule has 0 fully saturated rings. The molecule has 0 bridgehead atoms. The summed E-state index contributed by atoms with van der Waals surface area (Å²) in [6, 6.07) is 6.52. The van der Waals surface area contributed by atoms with Gasteiger partial charge in [-0.15, -0.1) is 6.58 Å². The first kappa shape index (κ1) is 11.4. The van der Waals surface area contributed by atoms with Crippen LogP contribution >= 0.6 is 0 Å². The Hall–Kier alpha value is -2.10. The normalized spacial score (nSPS) is 10.2. The number of rotatable bonds is 4. The van der Waals surface area contributed by atoms with Gasteiger partial charge < -0.3 is 9.88 Å². The molecule has 1 heterocycles. The highest BCUT2D eigenvalue weighted by molar-refractivity contribution is 5.54. The van der Waals surface area contributed by atoms with Crippen molar-refractivity contribution in [2.45, 2.75) is 13.5 Å². The van der Waals surface area contributed by atoms with Gasteiger partial charge in [-0.2, -0.15) is 0 Å². The second-order valence-electron chi connectivity index (χ2n) is 3.75. The van der Waals surface area contributed by atoms with Crippen LogP contribution in [0.25, 0.3) is 0 Å². The van der Waals surface area contributed by atoms with Gasteiger partial charge in [0, 0.05) is 12.7 Å². The lowest BCUT2D eigenvalue weighted by Gasteiger charge is -2.08. The fraction of sp³-hybridized carbons (Fsp3) is 0.154. The summed E-state index contributed by atoms with van der Waals surface area (Å²) in [7, 11) is 0. The minimum absolute atomic E-state index is 0.293. The number of hydrogen-bond acceptors (Lipinski definition) is 2.